The van der Waals surface area contributed by atoms with Crippen LogP contribution in [0.25, 0.3) is 5.57 Å². The molecule has 1 aliphatic rings. The highest BCUT2D eigenvalue weighted by atomic mass is 35.5. The third kappa shape index (κ3) is 4.23. The third-order valence-electron chi connectivity index (χ3n) is 4.71. The van der Waals surface area contributed by atoms with Crippen molar-refractivity contribution in [2.45, 2.75) is 32.6 Å². The van der Waals surface area contributed by atoms with Crippen molar-refractivity contribution in [2.75, 3.05) is 13.1 Å². The van der Waals surface area contributed by atoms with Gasteiger partial charge in [-0.25, -0.2) is 0 Å². The van der Waals surface area contributed by atoms with Crippen LogP contribution < -0.4 is 10.9 Å². The van der Waals surface area contributed by atoms with Gasteiger partial charge in [0.1, 0.15) is 5.02 Å². The number of rotatable bonds is 3. The Morgan fingerprint density at radius 1 is 1.16 bits per heavy atom. The average Bonchev–Trinajstić information content (AvgIpc) is 3.08. The maximum absolute atomic E-state index is 12.0. The molecule has 0 bridgehead atoms. The summed E-state index contributed by atoms with van der Waals surface area (Å²) in [6, 6.07) is 12.2. The molecule has 1 saturated heterocycles. The summed E-state index contributed by atoms with van der Waals surface area (Å²) in [6.07, 6.45) is 3.38. The summed E-state index contributed by atoms with van der Waals surface area (Å²) < 4.78 is 0. The number of halogens is 1. The number of hydrogen-bond acceptors (Lipinski definition) is 2. The Labute approximate surface area is 154 Å². The highest BCUT2D eigenvalue weighted by Gasteiger charge is 2.17. The molecule has 25 heavy (non-hydrogen) atoms. The van der Waals surface area contributed by atoms with Crippen LogP contribution in [0.2, 0.25) is 5.02 Å². The Bertz CT molecular complexity index is 822. The van der Waals surface area contributed by atoms with Crippen LogP contribution >= 0.6 is 11.6 Å². The highest BCUT2D eigenvalue weighted by Crippen LogP contribution is 2.28. The number of nitrogens with one attached hydrogen (secondary N) is 2. The Hall–Kier alpha value is -1.84. The average molecular weight is 357 g/mol. The molecule has 1 fully saturated rings. The van der Waals surface area contributed by atoms with Crippen molar-refractivity contribution in [3.05, 3.63) is 74.7 Å². The van der Waals surface area contributed by atoms with E-state index in [1.165, 1.54) is 5.56 Å². The standard InChI is InChI=1S/C21H25ClN2O/c1-21(2,3)16-6-4-15(5-7-16)17(12-14-10-11-23-13-14)19-9-8-18(22)20(25)24-19/h4-9,12,14,23H,10-11,13H2,1-3H3,(H,24,25)/t14-/m1/s1. The zero-order valence-corrected chi connectivity index (χ0v) is 15.8. The minimum absolute atomic E-state index is 0.117. The SMILES string of the molecule is CC(C)(C)c1ccc(C(=C[C@H]2CCNC2)c2ccc(Cl)c(=O)[nH]2)cc1. The van der Waals surface area contributed by atoms with Gasteiger partial charge in [0.25, 0.3) is 5.56 Å². The lowest BCUT2D eigenvalue weighted by Gasteiger charge is -2.20. The van der Waals surface area contributed by atoms with Crippen LogP contribution in [0.4, 0.5) is 0 Å². The molecule has 2 heterocycles. The first-order valence-corrected chi connectivity index (χ1v) is 9.15. The second kappa shape index (κ2) is 7.19. The van der Waals surface area contributed by atoms with Gasteiger partial charge in [0.05, 0.1) is 0 Å². The molecule has 0 saturated carbocycles. The van der Waals surface area contributed by atoms with Crippen molar-refractivity contribution in [3.63, 3.8) is 0 Å². The number of H-pyrrole nitrogens is 1. The molecular formula is C21H25ClN2O. The Morgan fingerprint density at radius 2 is 1.88 bits per heavy atom. The fourth-order valence-corrected chi connectivity index (χ4v) is 3.27. The van der Waals surface area contributed by atoms with Crippen molar-refractivity contribution in [2.24, 2.45) is 5.92 Å². The monoisotopic (exact) mass is 356 g/mol. The van der Waals surface area contributed by atoms with Gasteiger partial charge in [-0.1, -0.05) is 62.7 Å². The molecule has 0 spiro atoms. The maximum atomic E-state index is 12.0. The van der Waals surface area contributed by atoms with E-state index in [-0.39, 0.29) is 16.0 Å². The van der Waals surface area contributed by atoms with E-state index in [2.05, 4.69) is 61.4 Å². The molecule has 0 unspecified atom stereocenters. The fraction of sp³-hybridized carbons (Fsp3) is 0.381. The van der Waals surface area contributed by atoms with E-state index in [9.17, 15) is 4.79 Å². The molecule has 1 atom stereocenters. The molecule has 132 valence electrons. The van der Waals surface area contributed by atoms with Crippen LogP contribution in [-0.2, 0) is 5.41 Å². The summed E-state index contributed by atoms with van der Waals surface area (Å²) in [5.41, 5.74) is 4.14. The van der Waals surface area contributed by atoms with E-state index in [0.717, 1.165) is 36.3 Å². The number of aromatic amines is 1. The molecule has 0 radical (unpaired) electrons. The van der Waals surface area contributed by atoms with Gasteiger partial charge < -0.3 is 10.3 Å². The van der Waals surface area contributed by atoms with Crippen LogP contribution in [0.15, 0.2) is 47.3 Å². The quantitative estimate of drug-likeness (QED) is 0.857. The lowest BCUT2D eigenvalue weighted by molar-refractivity contribution is 0.590. The third-order valence-corrected chi connectivity index (χ3v) is 5.01. The van der Waals surface area contributed by atoms with Crippen molar-refractivity contribution < 1.29 is 0 Å². The van der Waals surface area contributed by atoms with Crippen LogP contribution in [0.3, 0.4) is 0 Å². The molecule has 0 aliphatic carbocycles. The van der Waals surface area contributed by atoms with Crippen LogP contribution in [0.5, 0.6) is 0 Å². The van der Waals surface area contributed by atoms with Crippen LogP contribution in [0, 0.1) is 5.92 Å². The van der Waals surface area contributed by atoms with Crippen molar-refractivity contribution in [1.29, 1.82) is 0 Å². The van der Waals surface area contributed by atoms with Gasteiger partial charge in [-0.2, -0.15) is 0 Å². The summed E-state index contributed by atoms with van der Waals surface area (Å²) in [5, 5.41) is 3.61. The lowest BCUT2D eigenvalue weighted by atomic mass is 9.85. The van der Waals surface area contributed by atoms with Gasteiger partial charge >= 0.3 is 0 Å². The minimum Gasteiger partial charge on any atom is -0.321 e. The van der Waals surface area contributed by atoms with E-state index in [4.69, 9.17) is 11.6 Å². The number of aromatic nitrogens is 1. The Morgan fingerprint density at radius 3 is 2.44 bits per heavy atom. The van der Waals surface area contributed by atoms with Crippen molar-refractivity contribution in [1.82, 2.24) is 10.3 Å². The molecule has 1 aliphatic heterocycles. The molecule has 2 N–H and O–H groups in total. The zero-order valence-electron chi connectivity index (χ0n) is 15.0. The van der Waals surface area contributed by atoms with Gasteiger partial charge in [0.2, 0.25) is 0 Å². The topological polar surface area (TPSA) is 44.9 Å². The largest absolute Gasteiger partial charge is 0.321 e. The number of pyridine rings is 1. The maximum Gasteiger partial charge on any atom is 0.267 e. The molecule has 1 aromatic carbocycles. The van der Waals surface area contributed by atoms with Crippen molar-refractivity contribution in [3.8, 4) is 0 Å². The summed E-state index contributed by atoms with van der Waals surface area (Å²) in [6.45, 7) is 8.63. The smallest absolute Gasteiger partial charge is 0.267 e. The Kier molecular flexibility index (Phi) is 5.16. The first kappa shape index (κ1) is 18.0. The van der Waals surface area contributed by atoms with Crippen molar-refractivity contribution >= 4 is 17.2 Å². The first-order valence-electron chi connectivity index (χ1n) is 8.77. The molecular weight excluding hydrogens is 332 g/mol. The minimum atomic E-state index is -0.249. The number of benzene rings is 1. The van der Waals surface area contributed by atoms with Gasteiger partial charge in [-0.05, 0) is 47.6 Å². The predicted octanol–water partition coefficient (Wildman–Crippen LogP) is 4.37. The predicted molar refractivity (Wildman–Crippen MR) is 105 cm³/mol. The molecule has 2 aromatic rings. The van der Waals surface area contributed by atoms with E-state index < -0.39 is 0 Å². The highest BCUT2D eigenvalue weighted by molar-refractivity contribution is 6.30. The van der Waals surface area contributed by atoms with Crippen LogP contribution in [-0.4, -0.2) is 18.1 Å². The fourth-order valence-electron chi connectivity index (χ4n) is 3.16. The second-order valence-corrected chi connectivity index (χ2v) is 8.12. The Balaban J connectivity index is 2.04. The van der Waals surface area contributed by atoms with E-state index in [1.807, 2.05) is 6.07 Å². The normalized spacial score (nSPS) is 18.6. The molecule has 3 nitrogen and oxygen atoms in total. The number of hydrogen-bond donors (Lipinski definition) is 2. The lowest BCUT2D eigenvalue weighted by Crippen LogP contribution is -2.12. The van der Waals surface area contributed by atoms with Crippen LogP contribution in [0.1, 0.15) is 44.0 Å². The van der Waals surface area contributed by atoms with Gasteiger partial charge in [-0.15, -0.1) is 0 Å². The first-order chi connectivity index (χ1) is 11.8. The van der Waals surface area contributed by atoms with Gasteiger partial charge in [-0.3, -0.25) is 4.79 Å². The molecule has 4 heteroatoms. The summed E-state index contributed by atoms with van der Waals surface area (Å²) in [4.78, 5) is 14.9. The summed E-state index contributed by atoms with van der Waals surface area (Å²) in [7, 11) is 0. The van der Waals surface area contributed by atoms with E-state index >= 15 is 0 Å². The zero-order chi connectivity index (χ0) is 18.0. The van der Waals surface area contributed by atoms with Gasteiger partial charge in [0, 0.05) is 17.8 Å². The summed E-state index contributed by atoms with van der Waals surface area (Å²) >= 11 is 5.90. The molecule has 1 aromatic heterocycles. The summed E-state index contributed by atoms with van der Waals surface area (Å²) in [5.74, 6) is 0.469. The molecule has 3 rings (SSSR count). The van der Waals surface area contributed by atoms with E-state index in [1.54, 1.807) is 6.07 Å². The second-order valence-electron chi connectivity index (χ2n) is 7.71. The van der Waals surface area contributed by atoms with Gasteiger partial charge in [0.15, 0.2) is 0 Å². The van der Waals surface area contributed by atoms with E-state index in [0.29, 0.717) is 5.92 Å². The molecule has 0 amide bonds.